The van der Waals surface area contributed by atoms with Crippen molar-refractivity contribution in [2.75, 3.05) is 11.9 Å². The zero-order valence-electron chi connectivity index (χ0n) is 15.6. The van der Waals surface area contributed by atoms with E-state index in [-0.39, 0.29) is 30.1 Å². The smallest absolute Gasteiger partial charge is 0.326 e. The van der Waals surface area contributed by atoms with Crippen molar-refractivity contribution in [2.45, 2.75) is 45.1 Å². The molecule has 27 heavy (non-hydrogen) atoms. The number of hydrogen-bond acceptors (Lipinski definition) is 4. The van der Waals surface area contributed by atoms with Gasteiger partial charge in [0.15, 0.2) is 0 Å². The van der Waals surface area contributed by atoms with Gasteiger partial charge in [-0.1, -0.05) is 12.1 Å². The van der Waals surface area contributed by atoms with E-state index in [0.717, 1.165) is 5.56 Å². The molecule has 1 aliphatic rings. The van der Waals surface area contributed by atoms with Crippen LogP contribution in [0.15, 0.2) is 24.3 Å². The Balaban J connectivity index is 2.03. The van der Waals surface area contributed by atoms with E-state index in [1.807, 2.05) is 0 Å². The van der Waals surface area contributed by atoms with Crippen molar-refractivity contribution in [3.63, 3.8) is 0 Å². The number of carbonyl (C=O) groups is 3. The molecule has 1 aliphatic carbocycles. The number of benzene rings is 1. The second kappa shape index (κ2) is 9.17. The molecule has 7 heteroatoms. The SMILES string of the molecule is CC(=O)N(C)c1cccc(CC(NC(=O)C2CCC(C#N)CC2)C(=O)O)c1. The zero-order chi connectivity index (χ0) is 20.0. The Hall–Kier alpha value is -2.88. The quantitative estimate of drug-likeness (QED) is 0.796. The molecule has 0 aliphatic heterocycles. The van der Waals surface area contributed by atoms with Crippen LogP contribution in [0.3, 0.4) is 0 Å². The van der Waals surface area contributed by atoms with Crippen molar-refractivity contribution in [2.24, 2.45) is 11.8 Å². The van der Waals surface area contributed by atoms with Crippen molar-refractivity contribution >= 4 is 23.5 Å². The highest BCUT2D eigenvalue weighted by Crippen LogP contribution is 2.28. The van der Waals surface area contributed by atoms with Gasteiger partial charge in [-0.2, -0.15) is 5.26 Å². The molecule has 1 saturated carbocycles. The third kappa shape index (κ3) is 5.55. The Kier molecular flexibility index (Phi) is 6.94. The molecule has 1 aromatic rings. The molecular formula is C20H25N3O4. The maximum Gasteiger partial charge on any atom is 0.326 e. The van der Waals surface area contributed by atoms with Crippen LogP contribution in [0.2, 0.25) is 0 Å². The molecule has 0 bridgehead atoms. The van der Waals surface area contributed by atoms with Crippen molar-refractivity contribution in [3.8, 4) is 6.07 Å². The molecule has 0 aromatic heterocycles. The van der Waals surface area contributed by atoms with Crippen LogP contribution in [-0.2, 0) is 20.8 Å². The van der Waals surface area contributed by atoms with E-state index in [2.05, 4.69) is 11.4 Å². The van der Waals surface area contributed by atoms with Crippen molar-refractivity contribution in [1.29, 1.82) is 5.26 Å². The van der Waals surface area contributed by atoms with Crippen LogP contribution < -0.4 is 10.2 Å². The summed E-state index contributed by atoms with van der Waals surface area (Å²) in [6, 6.07) is 8.24. The summed E-state index contributed by atoms with van der Waals surface area (Å²) in [6.07, 6.45) is 2.69. The van der Waals surface area contributed by atoms with Crippen LogP contribution in [-0.4, -0.2) is 36.0 Å². The molecule has 0 saturated heterocycles. The van der Waals surface area contributed by atoms with Crippen LogP contribution in [0.1, 0.15) is 38.2 Å². The first-order valence-corrected chi connectivity index (χ1v) is 9.07. The third-order valence-electron chi connectivity index (χ3n) is 5.11. The highest BCUT2D eigenvalue weighted by atomic mass is 16.4. The summed E-state index contributed by atoms with van der Waals surface area (Å²) in [5.41, 5.74) is 1.40. The number of amides is 2. The molecule has 1 aromatic carbocycles. The summed E-state index contributed by atoms with van der Waals surface area (Å²) in [5.74, 6) is -1.74. The number of hydrogen-bond donors (Lipinski definition) is 2. The first-order chi connectivity index (χ1) is 12.8. The predicted molar refractivity (Wildman–Crippen MR) is 99.9 cm³/mol. The lowest BCUT2D eigenvalue weighted by atomic mass is 9.82. The van der Waals surface area contributed by atoms with Gasteiger partial charge >= 0.3 is 5.97 Å². The lowest BCUT2D eigenvalue weighted by Crippen LogP contribution is -2.45. The van der Waals surface area contributed by atoms with E-state index in [1.54, 1.807) is 31.3 Å². The molecule has 2 amide bonds. The maximum atomic E-state index is 12.5. The topological polar surface area (TPSA) is 111 Å². The van der Waals surface area contributed by atoms with Crippen LogP contribution >= 0.6 is 0 Å². The molecule has 0 radical (unpaired) electrons. The Morgan fingerprint density at radius 1 is 1.30 bits per heavy atom. The molecule has 1 fully saturated rings. The average molecular weight is 371 g/mol. The van der Waals surface area contributed by atoms with Crippen molar-refractivity contribution in [1.82, 2.24) is 5.32 Å². The molecular weight excluding hydrogens is 346 g/mol. The highest BCUT2D eigenvalue weighted by Gasteiger charge is 2.29. The summed E-state index contributed by atoms with van der Waals surface area (Å²) < 4.78 is 0. The summed E-state index contributed by atoms with van der Waals surface area (Å²) in [4.78, 5) is 37.1. The maximum absolute atomic E-state index is 12.5. The van der Waals surface area contributed by atoms with Crippen LogP contribution in [0.4, 0.5) is 5.69 Å². The number of rotatable bonds is 6. The second-order valence-corrected chi connectivity index (χ2v) is 7.03. The lowest BCUT2D eigenvalue weighted by Gasteiger charge is -2.25. The Bertz CT molecular complexity index is 748. The van der Waals surface area contributed by atoms with Gasteiger partial charge in [-0.05, 0) is 43.4 Å². The predicted octanol–water partition coefficient (Wildman–Crippen LogP) is 2.11. The van der Waals surface area contributed by atoms with E-state index < -0.39 is 12.0 Å². The van der Waals surface area contributed by atoms with Gasteiger partial charge in [0.2, 0.25) is 11.8 Å². The fourth-order valence-electron chi connectivity index (χ4n) is 3.28. The van der Waals surface area contributed by atoms with Gasteiger partial charge in [0.1, 0.15) is 6.04 Å². The van der Waals surface area contributed by atoms with Crippen LogP contribution in [0, 0.1) is 23.2 Å². The minimum Gasteiger partial charge on any atom is -0.480 e. The van der Waals surface area contributed by atoms with Crippen molar-refractivity contribution < 1.29 is 19.5 Å². The van der Waals surface area contributed by atoms with Gasteiger partial charge in [-0.25, -0.2) is 4.79 Å². The van der Waals surface area contributed by atoms with Gasteiger partial charge in [-0.15, -0.1) is 0 Å². The summed E-state index contributed by atoms with van der Waals surface area (Å²) >= 11 is 0. The molecule has 0 spiro atoms. The fraction of sp³-hybridized carbons (Fsp3) is 0.500. The number of nitrogens with one attached hydrogen (secondary N) is 1. The van der Waals surface area contributed by atoms with E-state index in [4.69, 9.17) is 5.26 Å². The van der Waals surface area contributed by atoms with Crippen LogP contribution in [0.25, 0.3) is 0 Å². The van der Waals surface area contributed by atoms with Crippen LogP contribution in [0.5, 0.6) is 0 Å². The minimum atomic E-state index is -1.10. The number of carboxylic acid groups (broad SMARTS) is 1. The Morgan fingerprint density at radius 3 is 2.52 bits per heavy atom. The normalized spacial score (nSPS) is 20.2. The van der Waals surface area contributed by atoms with E-state index >= 15 is 0 Å². The first kappa shape index (κ1) is 20.4. The molecule has 1 unspecified atom stereocenters. The highest BCUT2D eigenvalue weighted by molar-refractivity contribution is 5.91. The molecule has 2 rings (SSSR count). The van der Waals surface area contributed by atoms with Gasteiger partial charge < -0.3 is 15.3 Å². The number of aliphatic carboxylic acids is 1. The van der Waals surface area contributed by atoms with Gasteiger partial charge in [-0.3, -0.25) is 9.59 Å². The lowest BCUT2D eigenvalue weighted by molar-refractivity contribution is -0.142. The molecule has 2 N–H and O–H groups in total. The zero-order valence-corrected chi connectivity index (χ0v) is 15.6. The van der Waals surface area contributed by atoms with E-state index in [1.165, 1.54) is 11.8 Å². The summed E-state index contributed by atoms with van der Waals surface area (Å²) in [6.45, 7) is 1.45. The second-order valence-electron chi connectivity index (χ2n) is 7.03. The number of carbonyl (C=O) groups excluding carboxylic acids is 2. The van der Waals surface area contributed by atoms with Gasteiger partial charge in [0.25, 0.3) is 0 Å². The van der Waals surface area contributed by atoms with Gasteiger partial charge in [0, 0.05) is 37.9 Å². The minimum absolute atomic E-state index is 0.00896. The molecule has 144 valence electrons. The third-order valence-corrected chi connectivity index (χ3v) is 5.11. The molecule has 7 nitrogen and oxygen atoms in total. The number of anilines is 1. The van der Waals surface area contributed by atoms with Gasteiger partial charge in [0.05, 0.1) is 6.07 Å². The summed E-state index contributed by atoms with van der Waals surface area (Å²) in [7, 11) is 1.65. The molecule has 0 heterocycles. The standard InChI is InChI=1S/C20H25N3O4/c1-13(24)23(2)17-5-3-4-15(10-17)11-18(20(26)27)22-19(25)16-8-6-14(12-21)7-9-16/h3-5,10,14,16,18H,6-9,11H2,1-2H3,(H,22,25)(H,26,27). The number of nitriles is 1. The number of carboxylic acids is 1. The van der Waals surface area contributed by atoms with E-state index in [0.29, 0.717) is 31.4 Å². The Labute approximate surface area is 159 Å². The van der Waals surface area contributed by atoms with E-state index in [9.17, 15) is 19.5 Å². The Morgan fingerprint density at radius 2 is 1.96 bits per heavy atom. The van der Waals surface area contributed by atoms with Crippen molar-refractivity contribution in [3.05, 3.63) is 29.8 Å². The summed E-state index contributed by atoms with van der Waals surface area (Å²) in [5, 5.41) is 21.1. The fourth-order valence-corrected chi connectivity index (χ4v) is 3.28. The first-order valence-electron chi connectivity index (χ1n) is 9.07. The number of nitrogens with zero attached hydrogens (tertiary/aromatic N) is 2. The average Bonchev–Trinajstić information content (AvgIpc) is 2.66. The largest absolute Gasteiger partial charge is 0.480 e. The molecule has 1 atom stereocenters. The monoisotopic (exact) mass is 371 g/mol.